The summed E-state index contributed by atoms with van der Waals surface area (Å²) < 4.78 is 11.1. The van der Waals surface area contributed by atoms with E-state index >= 15 is 0 Å². The average molecular weight is 457 g/mol. The highest BCUT2D eigenvalue weighted by atomic mass is 16.6. The molecule has 0 aliphatic carbocycles. The molecule has 4 heterocycles. The maximum atomic E-state index is 12.3. The van der Waals surface area contributed by atoms with Crippen LogP contribution in [-0.2, 0) is 0 Å². The first-order chi connectivity index (χ1) is 16.6. The Balaban J connectivity index is 1.35. The fourth-order valence-electron chi connectivity index (χ4n) is 3.98. The van der Waals surface area contributed by atoms with Gasteiger partial charge in [0, 0.05) is 48.9 Å². The van der Waals surface area contributed by atoms with Crippen LogP contribution in [0.25, 0.3) is 22.2 Å². The number of nitrogens with zero attached hydrogens (tertiary/aromatic N) is 4. The average Bonchev–Trinajstić information content (AvgIpc) is 2.90. The van der Waals surface area contributed by atoms with Crippen molar-refractivity contribution in [1.82, 2.24) is 25.3 Å². The minimum absolute atomic E-state index is 0.116. The first-order valence-electron chi connectivity index (χ1n) is 11.1. The molecule has 9 heteroatoms. The summed E-state index contributed by atoms with van der Waals surface area (Å²) in [6.07, 6.45) is 4.91. The number of amides is 1. The van der Waals surface area contributed by atoms with Crippen molar-refractivity contribution in [1.29, 1.82) is 0 Å². The molecule has 9 nitrogen and oxygen atoms in total. The molecule has 1 aliphatic heterocycles. The minimum Gasteiger partial charge on any atom is -0.484 e. The zero-order valence-electron chi connectivity index (χ0n) is 18.9. The van der Waals surface area contributed by atoms with Gasteiger partial charge in [0.2, 0.25) is 0 Å². The number of hydrogen-bond acceptors (Lipinski definition) is 8. The Hall–Kier alpha value is -4.27. The summed E-state index contributed by atoms with van der Waals surface area (Å²) in [6.45, 7) is 3.74. The van der Waals surface area contributed by atoms with Gasteiger partial charge in [-0.15, -0.1) is 0 Å². The van der Waals surface area contributed by atoms with Crippen molar-refractivity contribution >= 4 is 22.6 Å². The SMILES string of the molecule is CNC(=O)c1ccnc2c([C@H](C)CNc3cc(-c4cnc5c(c4)OCCO5)ncn3)cccc12. The topological polar surface area (TPSA) is 111 Å². The Morgan fingerprint density at radius 1 is 1.09 bits per heavy atom. The van der Waals surface area contributed by atoms with Crippen LogP contribution >= 0.6 is 0 Å². The summed E-state index contributed by atoms with van der Waals surface area (Å²) in [5.74, 6) is 1.80. The number of anilines is 1. The van der Waals surface area contributed by atoms with E-state index in [4.69, 9.17) is 9.47 Å². The molecule has 1 atom stereocenters. The number of fused-ring (bicyclic) bond motifs is 2. The second-order valence-electron chi connectivity index (χ2n) is 7.98. The second-order valence-corrected chi connectivity index (χ2v) is 7.98. The third-order valence-electron chi connectivity index (χ3n) is 5.76. The molecule has 1 aliphatic rings. The first-order valence-corrected chi connectivity index (χ1v) is 11.1. The predicted molar refractivity (Wildman–Crippen MR) is 128 cm³/mol. The highest BCUT2D eigenvalue weighted by Crippen LogP contribution is 2.32. The molecule has 34 heavy (non-hydrogen) atoms. The molecule has 5 rings (SSSR count). The van der Waals surface area contributed by atoms with Crippen molar-refractivity contribution in [3.8, 4) is 22.9 Å². The van der Waals surface area contributed by atoms with Gasteiger partial charge < -0.3 is 20.1 Å². The molecule has 0 spiro atoms. The molecule has 0 bridgehead atoms. The van der Waals surface area contributed by atoms with Crippen molar-refractivity contribution < 1.29 is 14.3 Å². The summed E-state index contributed by atoms with van der Waals surface area (Å²) in [5, 5.41) is 6.92. The van der Waals surface area contributed by atoms with Crippen molar-refractivity contribution in [3.05, 3.63) is 66.2 Å². The van der Waals surface area contributed by atoms with Gasteiger partial charge in [-0.05, 0) is 17.7 Å². The highest BCUT2D eigenvalue weighted by molar-refractivity contribution is 6.06. The van der Waals surface area contributed by atoms with E-state index in [0.717, 1.165) is 27.7 Å². The lowest BCUT2D eigenvalue weighted by atomic mass is 9.96. The molecule has 0 saturated heterocycles. The Morgan fingerprint density at radius 3 is 2.85 bits per heavy atom. The molecule has 0 fully saturated rings. The molecule has 1 aromatic carbocycles. The van der Waals surface area contributed by atoms with Crippen LogP contribution in [0.15, 0.2) is 55.1 Å². The Labute approximate surface area is 196 Å². The maximum absolute atomic E-state index is 12.3. The number of rotatable bonds is 6. The summed E-state index contributed by atoms with van der Waals surface area (Å²) in [4.78, 5) is 29.9. The lowest BCUT2D eigenvalue weighted by molar-refractivity contribution is 0.0964. The van der Waals surface area contributed by atoms with Crippen LogP contribution in [0.1, 0.15) is 28.8 Å². The standard InChI is InChI=1S/C25H24N6O3/c1-15(17-4-3-5-18-19(24(32)26-2)6-7-27-23(17)18)12-28-22-11-20(30-14-31-22)16-10-21-25(29-13-16)34-9-8-33-21/h3-7,10-11,13-15H,8-9,12H2,1-2H3,(H,26,32)(H,28,30,31)/t15-/m1/s1. The lowest BCUT2D eigenvalue weighted by Crippen LogP contribution is -2.18. The molecule has 0 unspecified atom stereocenters. The fraction of sp³-hybridized carbons (Fsp3) is 0.240. The zero-order valence-corrected chi connectivity index (χ0v) is 18.9. The van der Waals surface area contributed by atoms with E-state index in [1.54, 1.807) is 25.5 Å². The van der Waals surface area contributed by atoms with Crippen LogP contribution in [-0.4, -0.2) is 52.6 Å². The second kappa shape index (κ2) is 9.30. The Kier molecular flexibility index (Phi) is 5.90. The summed E-state index contributed by atoms with van der Waals surface area (Å²) >= 11 is 0. The van der Waals surface area contributed by atoms with Crippen molar-refractivity contribution in [2.24, 2.45) is 0 Å². The van der Waals surface area contributed by atoms with Gasteiger partial charge in [-0.25, -0.2) is 15.0 Å². The number of para-hydroxylation sites is 1. The number of ether oxygens (including phenoxy) is 2. The van der Waals surface area contributed by atoms with Crippen LogP contribution in [0.3, 0.4) is 0 Å². The highest BCUT2D eigenvalue weighted by Gasteiger charge is 2.17. The van der Waals surface area contributed by atoms with E-state index in [-0.39, 0.29) is 11.8 Å². The predicted octanol–water partition coefficient (Wildman–Crippen LogP) is 3.43. The number of carbonyl (C=O) groups excluding carboxylic acids is 1. The van der Waals surface area contributed by atoms with E-state index in [2.05, 4.69) is 37.5 Å². The smallest absolute Gasteiger partial charge is 0.257 e. The van der Waals surface area contributed by atoms with Gasteiger partial charge in [0.05, 0.1) is 16.8 Å². The van der Waals surface area contributed by atoms with Gasteiger partial charge in [0.25, 0.3) is 11.8 Å². The molecular formula is C25H24N6O3. The minimum atomic E-state index is -0.127. The Morgan fingerprint density at radius 2 is 1.97 bits per heavy atom. The van der Waals surface area contributed by atoms with Gasteiger partial charge in [0.15, 0.2) is 5.75 Å². The molecule has 172 valence electrons. The molecule has 0 saturated carbocycles. The van der Waals surface area contributed by atoms with Crippen LogP contribution < -0.4 is 20.1 Å². The van der Waals surface area contributed by atoms with Crippen LogP contribution in [0.4, 0.5) is 5.82 Å². The number of pyridine rings is 2. The number of hydrogen-bond donors (Lipinski definition) is 2. The summed E-state index contributed by atoms with van der Waals surface area (Å²) in [7, 11) is 1.63. The van der Waals surface area contributed by atoms with Gasteiger partial charge in [-0.3, -0.25) is 9.78 Å². The van der Waals surface area contributed by atoms with Crippen molar-refractivity contribution in [3.63, 3.8) is 0 Å². The van der Waals surface area contributed by atoms with Crippen LogP contribution in [0, 0.1) is 0 Å². The summed E-state index contributed by atoms with van der Waals surface area (Å²) in [6, 6.07) is 11.4. The normalized spacial score (nSPS) is 13.4. The monoisotopic (exact) mass is 456 g/mol. The molecule has 1 amide bonds. The van der Waals surface area contributed by atoms with E-state index in [1.807, 2.05) is 30.3 Å². The van der Waals surface area contributed by atoms with Gasteiger partial charge in [-0.1, -0.05) is 25.1 Å². The molecule has 4 aromatic rings. The fourth-order valence-corrected chi connectivity index (χ4v) is 3.98. The lowest BCUT2D eigenvalue weighted by Gasteiger charge is -2.18. The summed E-state index contributed by atoms with van der Waals surface area (Å²) in [5.41, 5.74) is 4.05. The number of aromatic nitrogens is 4. The number of nitrogens with one attached hydrogen (secondary N) is 2. The molecule has 2 N–H and O–H groups in total. The molecule has 0 radical (unpaired) electrons. The van der Waals surface area contributed by atoms with Gasteiger partial charge in [0.1, 0.15) is 25.4 Å². The van der Waals surface area contributed by atoms with E-state index in [0.29, 0.717) is 42.8 Å². The number of carbonyl (C=O) groups is 1. The number of benzene rings is 1. The van der Waals surface area contributed by atoms with Gasteiger partial charge in [-0.2, -0.15) is 0 Å². The van der Waals surface area contributed by atoms with Crippen LogP contribution in [0.5, 0.6) is 11.6 Å². The van der Waals surface area contributed by atoms with Crippen LogP contribution in [0.2, 0.25) is 0 Å². The first kappa shape index (κ1) is 21.6. The quantitative estimate of drug-likeness (QED) is 0.454. The van der Waals surface area contributed by atoms with E-state index in [9.17, 15) is 4.79 Å². The third-order valence-corrected chi connectivity index (χ3v) is 5.76. The third kappa shape index (κ3) is 4.19. The largest absolute Gasteiger partial charge is 0.484 e. The molecular weight excluding hydrogens is 432 g/mol. The van der Waals surface area contributed by atoms with Gasteiger partial charge >= 0.3 is 0 Å². The Bertz CT molecular complexity index is 1360. The van der Waals surface area contributed by atoms with Crippen molar-refractivity contribution in [2.75, 3.05) is 32.1 Å². The molecule has 3 aromatic heterocycles. The zero-order chi connectivity index (χ0) is 23.5. The van der Waals surface area contributed by atoms with Crippen molar-refractivity contribution in [2.45, 2.75) is 12.8 Å². The van der Waals surface area contributed by atoms with E-state index < -0.39 is 0 Å². The maximum Gasteiger partial charge on any atom is 0.257 e. The van der Waals surface area contributed by atoms with E-state index in [1.165, 1.54) is 6.33 Å².